The van der Waals surface area contributed by atoms with Gasteiger partial charge in [0.05, 0.1) is 12.1 Å². The number of rotatable bonds is 2. The highest BCUT2D eigenvalue weighted by molar-refractivity contribution is 4.90. The third kappa shape index (κ3) is 3.36. The van der Waals surface area contributed by atoms with Crippen LogP contribution >= 0.6 is 0 Å². The summed E-state index contributed by atoms with van der Waals surface area (Å²) >= 11 is 0. The SMILES string of the molecule is CC1CC(C)CC(NC(C)C#N)C1. The highest BCUT2D eigenvalue weighted by atomic mass is 14.9. The Balaban J connectivity index is 2.38. The van der Waals surface area contributed by atoms with Crippen LogP contribution in [0, 0.1) is 23.2 Å². The molecule has 0 bridgehead atoms. The fourth-order valence-corrected chi connectivity index (χ4v) is 2.47. The molecule has 1 N–H and O–H groups in total. The van der Waals surface area contributed by atoms with Gasteiger partial charge in [0, 0.05) is 6.04 Å². The minimum atomic E-state index is 0.00231. The lowest BCUT2D eigenvalue weighted by molar-refractivity contribution is 0.235. The summed E-state index contributed by atoms with van der Waals surface area (Å²) in [7, 11) is 0. The van der Waals surface area contributed by atoms with Crippen molar-refractivity contribution in [2.24, 2.45) is 11.8 Å². The zero-order valence-corrected chi connectivity index (χ0v) is 8.88. The van der Waals surface area contributed by atoms with Crippen molar-refractivity contribution >= 4 is 0 Å². The number of hydrogen-bond donors (Lipinski definition) is 1. The predicted molar refractivity (Wildman–Crippen MR) is 54.2 cm³/mol. The van der Waals surface area contributed by atoms with Gasteiger partial charge in [-0.15, -0.1) is 0 Å². The van der Waals surface area contributed by atoms with E-state index < -0.39 is 0 Å². The smallest absolute Gasteiger partial charge is 0.0926 e. The minimum Gasteiger partial charge on any atom is -0.299 e. The fourth-order valence-electron chi connectivity index (χ4n) is 2.47. The molecule has 0 saturated heterocycles. The van der Waals surface area contributed by atoms with Crippen LogP contribution in [-0.4, -0.2) is 12.1 Å². The first-order chi connectivity index (χ1) is 6.11. The molecule has 1 rings (SSSR count). The highest BCUT2D eigenvalue weighted by Crippen LogP contribution is 2.28. The molecule has 0 aliphatic heterocycles. The maximum Gasteiger partial charge on any atom is 0.0926 e. The van der Waals surface area contributed by atoms with Gasteiger partial charge < -0.3 is 0 Å². The third-order valence-corrected chi connectivity index (χ3v) is 2.86. The van der Waals surface area contributed by atoms with Gasteiger partial charge in [-0.25, -0.2) is 0 Å². The lowest BCUT2D eigenvalue weighted by Gasteiger charge is -2.32. The van der Waals surface area contributed by atoms with Crippen molar-refractivity contribution in [2.45, 2.75) is 52.1 Å². The van der Waals surface area contributed by atoms with E-state index in [9.17, 15) is 0 Å². The summed E-state index contributed by atoms with van der Waals surface area (Å²) in [6, 6.07) is 2.80. The molecule has 1 aliphatic rings. The molecule has 0 amide bonds. The van der Waals surface area contributed by atoms with Crippen molar-refractivity contribution < 1.29 is 0 Å². The highest BCUT2D eigenvalue weighted by Gasteiger charge is 2.24. The first-order valence-corrected chi connectivity index (χ1v) is 5.27. The second-order valence-electron chi connectivity index (χ2n) is 4.63. The van der Waals surface area contributed by atoms with E-state index in [1.165, 1.54) is 19.3 Å². The molecule has 2 heteroatoms. The Kier molecular flexibility index (Phi) is 3.74. The van der Waals surface area contributed by atoms with Crippen molar-refractivity contribution in [2.75, 3.05) is 0 Å². The van der Waals surface area contributed by atoms with Crippen LogP contribution in [0.4, 0.5) is 0 Å². The molecule has 1 aliphatic carbocycles. The van der Waals surface area contributed by atoms with Gasteiger partial charge in [-0.3, -0.25) is 5.32 Å². The number of nitrogens with zero attached hydrogens (tertiary/aromatic N) is 1. The monoisotopic (exact) mass is 180 g/mol. The number of nitrogens with one attached hydrogen (secondary N) is 1. The van der Waals surface area contributed by atoms with E-state index in [0.29, 0.717) is 6.04 Å². The maximum atomic E-state index is 8.68. The molecule has 0 aromatic carbocycles. The van der Waals surface area contributed by atoms with Crippen LogP contribution in [0.25, 0.3) is 0 Å². The molecule has 0 spiro atoms. The Hall–Kier alpha value is -0.550. The van der Waals surface area contributed by atoms with E-state index in [0.717, 1.165) is 11.8 Å². The Morgan fingerprint density at radius 2 is 1.77 bits per heavy atom. The molecule has 0 aromatic rings. The molecule has 2 nitrogen and oxygen atoms in total. The van der Waals surface area contributed by atoms with Gasteiger partial charge in [-0.2, -0.15) is 5.26 Å². The van der Waals surface area contributed by atoms with E-state index in [2.05, 4.69) is 25.2 Å². The predicted octanol–water partition coefficient (Wildman–Crippen LogP) is 2.31. The lowest BCUT2D eigenvalue weighted by Crippen LogP contribution is -2.40. The average molecular weight is 180 g/mol. The Labute approximate surface area is 81.3 Å². The molecule has 1 fully saturated rings. The van der Waals surface area contributed by atoms with Gasteiger partial charge >= 0.3 is 0 Å². The van der Waals surface area contributed by atoms with Gasteiger partial charge in [0.15, 0.2) is 0 Å². The molecule has 13 heavy (non-hydrogen) atoms. The molecular weight excluding hydrogens is 160 g/mol. The van der Waals surface area contributed by atoms with Gasteiger partial charge in [-0.1, -0.05) is 13.8 Å². The van der Waals surface area contributed by atoms with Crippen LogP contribution in [0.5, 0.6) is 0 Å². The molecule has 74 valence electrons. The molecule has 0 radical (unpaired) electrons. The zero-order valence-electron chi connectivity index (χ0n) is 8.88. The van der Waals surface area contributed by atoms with Gasteiger partial charge in [0.1, 0.15) is 0 Å². The summed E-state index contributed by atoms with van der Waals surface area (Å²) in [5, 5.41) is 12.1. The van der Waals surface area contributed by atoms with Crippen LogP contribution in [-0.2, 0) is 0 Å². The van der Waals surface area contributed by atoms with Crippen LogP contribution in [0.2, 0.25) is 0 Å². The van der Waals surface area contributed by atoms with Gasteiger partial charge in [-0.05, 0) is 38.0 Å². The van der Waals surface area contributed by atoms with Crippen LogP contribution in [0.3, 0.4) is 0 Å². The van der Waals surface area contributed by atoms with E-state index in [-0.39, 0.29) is 6.04 Å². The third-order valence-electron chi connectivity index (χ3n) is 2.86. The summed E-state index contributed by atoms with van der Waals surface area (Å²) in [4.78, 5) is 0. The van der Waals surface area contributed by atoms with Crippen molar-refractivity contribution in [1.82, 2.24) is 5.32 Å². The van der Waals surface area contributed by atoms with E-state index in [4.69, 9.17) is 5.26 Å². The zero-order chi connectivity index (χ0) is 9.84. The topological polar surface area (TPSA) is 35.8 Å². The van der Waals surface area contributed by atoms with Crippen molar-refractivity contribution in [3.8, 4) is 6.07 Å². The standard InChI is InChI=1S/C11H20N2/c1-8-4-9(2)6-11(5-8)13-10(3)7-12/h8-11,13H,4-6H2,1-3H3. The average Bonchev–Trinajstić information content (AvgIpc) is 2.02. The fraction of sp³-hybridized carbons (Fsp3) is 0.909. The molecular formula is C11H20N2. The second kappa shape index (κ2) is 4.62. The summed E-state index contributed by atoms with van der Waals surface area (Å²) in [6.07, 6.45) is 3.81. The summed E-state index contributed by atoms with van der Waals surface area (Å²) in [5.74, 6) is 1.62. The molecule has 3 atom stereocenters. The van der Waals surface area contributed by atoms with Crippen molar-refractivity contribution in [3.63, 3.8) is 0 Å². The summed E-state index contributed by atoms with van der Waals surface area (Å²) in [5.41, 5.74) is 0. The van der Waals surface area contributed by atoms with Crippen LogP contribution < -0.4 is 5.32 Å². The normalized spacial score (nSPS) is 36.6. The summed E-state index contributed by atoms with van der Waals surface area (Å²) < 4.78 is 0. The Bertz CT molecular complexity index is 185. The lowest BCUT2D eigenvalue weighted by atomic mass is 9.80. The summed E-state index contributed by atoms with van der Waals surface area (Å²) in [6.45, 7) is 6.55. The molecule has 1 saturated carbocycles. The molecule has 0 aromatic heterocycles. The van der Waals surface area contributed by atoms with Gasteiger partial charge in [0.25, 0.3) is 0 Å². The first-order valence-electron chi connectivity index (χ1n) is 5.27. The maximum absolute atomic E-state index is 8.68. The number of hydrogen-bond acceptors (Lipinski definition) is 2. The number of nitriles is 1. The Morgan fingerprint density at radius 1 is 1.23 bits per heavy atom. The van der Waals surface area contributed by atoms with E-state index >= 15 is 0 Å². The quantitative estimate of drug-likeness (QED) is 0.708. The van der Waals surface area contributed by atoms with Crippen molar-refractivity contribution in [3.05, 3.63) is 0 Å². The largest absolute Gasteiger partial charge is 0.299 e. The minimum absolute atomic E-state index is 0.00231. The van der Waals surface area contributed by atoms with E-state index in [1.807, 2.05) is 6.92 Å². The second-order valence-corrected chi connectivity index (χ2v) is 4.63. The molecule has 0 heterocycles. The van der Waals surface area contributed by atoms with Crippen LogP contribution in [0.1, 0.15) is 40.0 Å². The first kappa shape index (κ1) is 10.5. The Morgan fingerprint density at radius 3 is 2.23 bits per heavy atom. The van der Waals surface area contributed by atoms with Gasteiger partial charge in [0.2, 0.25) is 0 Å². The van der Waals surface area contributed by atoms with Crippen LogP contribution in [0.15, 0.2) is 0 Å². The molecule has 3 unspecified atom stereocenters. The van der Waals surface area contributed by atoms with Crippen molar-refractivity contribution in [1.29, 1.82) is 5.26 Å². The van der Waals surface area contributed by atoms with E-state index in [1.54, 1.807) is 0 Å².